The molecule has 1 fully saturated rings. The van der Waals surface area contributed by atoms with Gasteiger partial charge >= 0.3 is 0 Å². The molecule has 1 amide bonds. The predicted molar refractivity (Wildman–Crippen MR) is 112 cm³/mol. The van der Waals surface area contributed by atoms with Gasteiger partial charge in [0.2, 0.25) is 0 Å². The lowest BCUT2D eigenvalue weighted by atomic mass is 9.96. The monoisotopic (exact) mass is 376 g/mol. The molecular weight excluding hydrogens is 348 g/mol. The molecule has 28 heavy (non-hydrogen) atoms. The van der Waals surface area contributed by atoms with Gasteiger partial charge in [0.25, 0.3) is 5.91 Å². The lowest BCUT2D eigenvalue weighted by Gasteiger charge is -2.34. The van der Waals surface area contributed by atoms with Gasteiger partial charge in [0.05, 0.1) is 23.0 Å². The van der Waals surface area contributed by atoms with Crippen LogP contribution in [0.25, 0.3) is 22.2 Å². The molecule has 2 aromatic heterocycles. The number of hydrogen-bond donors (Lipinski definition) is 0. The van der Waals surface area contributed by atoms with Crippen molar-refractivity contribution >= 4 is 16.8 Å². The van der Waals surface area contributed by atoms with Crippen molar-refractivity contribution in [2.24, 2.45) is 0 Å². The first-order chi connectivity index (χ1) is 13.5. The van der Waals surface area contributed by atoms with Gasteiger partial charge in [0.1, 0.15) is 0 Å². The minimum atomic E-state index is 0.121. The molecule has 0 unspecified atom stereocenters. The number of carbonyl (C=O) groups is 1. The van der Waals surface area contributed by atoms with Crippen molar-refractivity contribution in [3.63, 3.8) is 0 Å². The Labute approximate surface area is 166 Å². The third-order valence-electron chi connectivity index (χ3n) is 5.80. The van der Waals surface area contributed by atoms with Crippen molar-refractivity contribution in [1.29, 1.82) is 0 Å². The van der Waals surface area contributed by atoms with Gasteiger partial charge in [-0.1, -0.05) is 6.07 Å². The van der Waals surface area contributed by atoms with E-state index in [2.05, 4.69) is 44.9 Å². The Morgan fingerprint density at radius 2 is 2.04 bits per heavy atom. The second kappa shape index (κ2) is 7.38. The highest BCUT2D eigenvalue weighted by Gasteiger charge is 2.27. The van der Waals surface area contributed by atoms with E-state index in [9.17, 15) is 4.79 Å². The summed E-state index contributed by atoms with van der Waals surface area (Å²) in [4.78, 5) is 20.5. The molecule has 3 heterocycles. The number of piperidine rings is 1. The van der Waals surface area contributed by atoms with Crippen LogP contribution in [-0.4, -0.2) is 38.2 Å². The van der Waals surface area contributed by atoms with Crippen molar-refractivity contribution in [2.75, 3.05) is 6.54 Å². The van der Waals surface area contributed by atoms with Gasteiger partial charge in [-0.25, -0.2) is 4.98 Å². The molecule has 5 nitrogen and oxygen atoms in total. The third-order valence-corrected chi connectivity index (χ3v) is 5.80. The Kier molecular flexibility index (Phi) is 4.92. The molecule has 0 saturated carbocycles. The predicted octanol–water partition coefficient (Wildman–Crippen LogP) is 4.75. The Morgan fingerprint density at radius 3 is 2.75 bits per heavy atom. The number of hydrogen-bond acceptors (Lipinski definition) is 3. The number of carbonyl (C=O) groups excluding carboxylic acids is 1. The van der Waals surface area contributed by atoms with Crippen molar-refractivity contribution in [2.45, 2.75) is 59.5 Å². The van der Waals surface area contributed by atoms with Crippen LogP contribution in [0.15, 0.2) is 30.6 Å². The first-order valence-electron chi connectivity index (χ1n) is 10.2. The molecule has 146 valence electrons. The average molecular weight is 377 g/mol. The van der Waals surface area contributed by atoms with Crippen LogP contribution >= 0.6 is 0 Å². The molecule has 1 saturated heterocycles. The molecule has 0 aliphatic carbocycles. The first-order valence-corrected chi connectivity index (χ1v) is 10.2. The Balaban J connectivity index is 1.90. The van der Waals surface area contributed by atoms with E-state index in [0.717, 1.165) is 64.8 Å². The summed E-state index contributed by atoms with van der Waals surface area (Å²) in [6.45, 7) is 10.0. The van der Waals surface area contributed by atoms with E-state index in [1.54, 1.807) is 0 Å². The molecule has 4 rings (SSSR count). The zero-order valence-corrected chi connectivity index (χ0v) is 17.2. The van der Waals surface area contributed by atoms with Gasteiger partial charge in [-0.15, -0.1) is 0 Å². The maximum Gasteiger partial charge on any atom is 0.254 e. The van der Waals surface area contributed by atoms with E-state index in [0.29, 0.717) is 0 Å². The normalized spacial score (nSPS) is 17.3. The van der Waals surface area contributed by atoms with Crippen LogP contribution in [0.2, 0.25) is 0 Å². The summed E-state index contributed by atoms with van der Waals surface area (Å²) >= 11 is 0. The number of benzene rings is 1. The van der Waals surface area contributed by atoms with Crippen LogP contribution in [0.1, 0.15) is 54.6 Å². The number of rotatable bonds is 3. The Hall–Kier alpha value is -2.69. The van der Waals surface area contributed by atoms with Crippen molar-refractivity contribution in [3.8, 4) is 11.3 Å². The zero-order chi connectivity index (χ0) is 19.8. The fourth-order valence-electron chi connectivity index (χ4n) is 4.29. The van der Waals surface area contributed by atoms with E-state index in [1.165, 1.54) is 6.42 Å². The standard InChI is InChI=1S/C23H28N4O/c1-5-26-14-18(13-24-26)20-12-19(23(28)27-9-7-6-8-17(27)4)22-16(3)10-15(2)11-21(22)25-20/h10-14,17H,5-9H2,1-4H3/t17-/m0/s1. The smallest absolute Gasteiger partial charge is 0.254 e. The Bertz CT molecular complexity index is 1040. The van der Waals surface area contributed by atoms with E-state index in [-0.39, 0.29) is 11.9 Å². The minimum Gasteiger partial charge on any atom is -0.336 e. The fraction of sp³-hybridized carbons (Fsp3) is 0.435. The van der Waals surface area contributed by atoms with Crippen LogP contribution in [0.4, 0.5) is 0 Å². The van der Waals surface area contributed by atoms with Crippen LogP contribution < -0.4 is 0 Å². The molecule has 0 spiro atoms. The lowest BCUT2D eigenvalue weighted by molar-refractivity contribution is 0.0637. The first kappa shape index (κ1) is 18.7. The van der Waals surface area contributed by atoms with Crippen LogP contribution in [0, 0.1) is 13.8 Å². The highest BCUT2D eigenvalue weighted by Crippen LogP contribution is 2.30. The highest BCUT2D eigenvalue weighted by atomic mass is 16.2. The summed E-state index contributed by atoms with van der Waals surface area (Å²) in [6.07, 6.45) is 7.17. The van der Waals surface area contributed by atoms with E-state index >= 15 is 0 Å². The zero-order valence-electron chi connectivity index (χ0n) is 17.2. The number of nitrogens with zero attached hydrogens (tertiary/aromatic N) is 4. The van der Waals surface area contributed by atoms with Gasteiger partial charge in [0.15, 0.2) is 0 Å². The van der Waals surface area contributed by atoms with Crippen LogP contribution in [0.5, 0.6) is 0 Å². The summed E-state index contributed by atoms with van der Waals surface area (Å²) in [7, 11) is 0. The van der Waals surface area contributed by atoms with E-state index < -0.39 is 0 Å². The van der Waals surface area contributed by atoms with Crippen molar-refractivity contribution in [1.82, 2.24) is 19.7 Å². The number of fused-ring (bicyclic) bond motifs is 1. The molecular formula is C23H28N4O. The molecule has 1 aliphatic rings. The molecule has 3 aromatic rings. The highest BCUT2D eigenvalue weighted by molar-refractivity contribution is 6.08. The quantitative estimate of drug-likeness (QED) is 0.663. The largest absolute Gasteiger partial charge is 0.336 e. The van der Waals surface area contributed by atoms with Gasteiger partial charge in [-0.2, -0.15) is 5.10 Å². The number of aryl methyl sites for hydroxylation is 3. The second-order valence-corrected chi connectivity index (χ2v) is 7.96. The van der Waals surface area contributed by atoms with Gasteiger partial charge in [0, 0.05) is 36.3 Å². The summed E-state index contributed by atoms with van der Waals surface area (Å²) in [5.74, 6) is 0.121. The number of amides is 1. The molecule has 1 aromatic carbocycles. The Morgan fingerprint density at radius 1 is 1.21 bits per heavy atom. The summed E-state index contributed by atoms with van der Waals surface area (Å²) < 4.78 is 1.89. The number of pyridine rings is 1. The van der Waals surface area contributed by atoms with E-state index in [4.69, 9.17) is 4.98 Å². The number of likely N-dealkylation sites (tertiary alicyclic amines) is 1. The molecule has 0 bridgehead atoms. The topological polar surface area (TPSA) is 51.0 Å². The molecule has 0 N–H and O–H groups in total. The molecule has 1 aliphatic heterocycles. The summed E-state index contributed by atoms with van der Waals surface area (Å²) in [5.41, 5.74) is 5.66. The van der Waals surface area contributed by atoms with Gasteiger partial charge < -0.3 is 4.90 Å². The van der Waals surface area contributed by atoms with Crippen molar-refractivity contribution < 1.29 is 4.79 Å². The SMILES string of the molecule is CCn1cc(-c2cc(C(=O)N3CCCC[C@@H]3C)c3c(C)cc(C)cc3n2)cn1. The molecule has 1 atom stereocenters. The molecule has 0 radical (unpaired) electrons. The number of aromatic nitrogens is 3. The van der Waals surface area contributed by atoms with Gasteiger partial charge in [-0.05, 0) is 70.2 Å². The van der Waals surface area contributed by atoms with Crippen LogP contribution in [0.3, 0.4) is 0 Å². The minimum absolute atomic E-state index is 0.121. The summed E-state index contributed by atoms with van der Waals surface area (Å²) in [5, 5.41) is 5.36. The van der Waals surface area contributed by atoms with E-state index in [1.807, 2.05) is 28.0 Å². The van der Waals surface area contributed by atoms with Gasteiger partial charge in [-0.3, -0.25) is 9.48 Å². The fourth-order valence-corrected chi connectivity index (χ4v) is 4.29. The maximum atomic E-state index is 13.6. The average Bonchev–Trinajstić information content (AvgIpc) is 3.16. The van der Waals surface area contributed by atoms with Crippen molar-refractivity contribution in [3.05, 3.63) is 47.3 Å². The lowest BCUT2D eigenvalue weighted by Crippen LogP contribution is -2.42. The maximum absolute atomic E-state index is 13.6. The third kappa shape index (κ3) is 3.30. The second-order valence-electron chi connectivity index (χ2n) is 7.96. The van der Waals surface area contributed by atoms with Crippen LogP contribution in [-0.2, 0) is 6.54 Å². The molecule has 5 heteroatoms. The summed E-state index contributed by atoms with van der Waals surface area (Å²) in [6, 6.07) is 6.45.